The van der Waals surface area contributed by atoms with E-state index in [2.05, 4.69) is 9.97 Å². The summed E-state index contributed by atoms with van der Waals surface area (Å²) in [6, 6.07) is 5.73. The standard InChI is InChI=1S/C18H18F3N3O/c19-18(20,21)15-5-8-23-16(10-15)11-17(25)24-9-1-2-14(12-24)13-3-6-22-7-4-13/h3-8,10,14H,1-2,9,11-12H2. The van der Waals surface area contributed by atoms with Gasteiger partial charge in [-0.25, -0.2) is 0 Å². The van der Waals surface area contributed by atoms with Crippen molar-refractivity contribution < 1.29 is 18.0 Å². The van der Waals surface area contributed by atoms with E-state index >= 15 is 0 Å². The van der Waals surface area contributed by atoms with Crippen LogP contribution in [-0.4, -0.2) is 33.9 Å². The van der Waals surface area contributed by atoms with Gasteiger partial charge in [-0.15, -0.1) is 0 Å². The molecule has 7 heteroatoms. The minimum absolute atomic E-state index is 0.118. The molecule has 3 rings (SSSR count). The molecule has 0 radical (unpaired) electrons. The summed E-state index contributed by atoms with van der Waals surface area (Å²) in [5.74, 6) is 0.0424. The van der Waals surface area contributed by atoms with Gasteiger partial charge < -0.3 is 4.90 Å². The fourth-order valence-electron chi connectivity index (χ4n) is 3.13. The zero-order valence-corrected chi connectivity index (χ0v) is 13.5. The lowest BCUT2D eigenvalue weighted by Gasteiger charge is -2.33. The van der Waals surface area contributed by atoms with Crippen molar-refractivity contribution in [1.29, 1.82) is 0 Å². The van der Waals surface area contributed by atoms with Crippen molar-refractivity contribution in [3.63, 3.8) is 0 Å². The third-order valence-corrected chi connectivity index (χ3v) is 4.43. The third-order valence-electron chi connectivity index (χ3n) is 4.43. The number of alkyl halides is 3. The number of hydrogen-bond donors (Lipinski definition) is 0. The van der Waals surface area contributed by atoms with Crippen molar-refractivity contribution >= 4 is 5.91 Å². The predicted octanol–water partition coefficient (Wildman–Crippen LogP) is 3.44. The van der Waals surface area contributed by atoms with Gasteiger partial charge in [0, 0.05) is 37.6 Å². The van der Waals surface area contributed by atoms with Crippen LogP contribution < -0.4 is 0 Å². The Morgan fingerprint density at radius 1 is 1.20 bits per heavy atom. The molecular weight excluding hydrogens is 331 g/mol. The van der Waals surface area contributed by atoms with Gasteiger partial charge in [-0.1, -0.05) is 0 Å². The van der Waals surface area contributed by atoms with Crippen molar-refractivity contribution in [2.75, 3.05) is 13.1 Å². The minimum Gasteiger partial charge on any atom is -0.342 e. The van der Waals surface area contributed by atoms with Gasteiger partial charge in [0.05, 0.1) is 17.7 Å². The SMILES string of the molecule is O=C(Cc1cc(C(F)(F)F)ccn1)N1CCCC(c2ccncc2)C1. The number of aromatic nitrogens is 2. The quantitative estimate of drug-likeness (QED) is 0.853. The number of carbonyl (C=O) groups is 1. The Balaban J connectivity index is 1.67. The maximum atomic E-state index is 12.8. The van der Waals surface area contributed by atoms with Crippen LogP contribution in [0.3, 0.4) is 0 Å². The predicted molar refractivity (Wildman–Crippen MR) is 85.7 cm³/mol. The summed E-state index contributed by atoms with van der Waals surface area (Å²) in [5, 5.41) is 0. The first-order valence-corrected chi connectivity index (χ1v) is 8.13. The summed E-state index contributed by atoms with van der Waals surface area (Å²) < 4.78 is 38.3. The number of rotatable bonds is 3. The monoisotopic (exact) mass is 349 g/mol. The number of carbonyl (C=O) groups excluding carboxylic acids is 1. The molecule has 0 N–H and O–H groups in total. The molecule has 25 heavy (non-hydrogen) atoms. The van der Waals surface area contributed by atoms with Crippen LogP contribution in [0.25, 0.3) is 0 Å². The second-order valence-electron chi connectivity index (χ2n) is 6.17. The molecule has 132 valence electrons. The van der Waals surface area contributed by atoms with E-state index in [9.17, 15) is 18.0 Å². The fourth-order valence-corrected chi connectivity index (χ4v) is 3.13. The maximum Gasteiger partial charge on any atom is 0.416 e. The third kappa shape index (κ3) is 4.35. The molecule has 0 aliphatic carbocycles. The van der Waals surface area contributed by atoms with E-state index in [1.165, 1.54) is 0 Å². The molecule has 1 unspecified atom stereocenters. The molecule has 1 aliphatic rings. The summed E-state index contributed by atoms with van der Waals surface area (Å²) >= 11 is 0. The molecule has 1 saturated heterocycles. The summed E-state index contributed by atoms with van der Waals surface area (Å²) in [5.41, 5.74) is 0.495. The smallest absolute Gasteiger partial charge is 0.342 e. The van der Waals surface area contributed by atoms with Crippen LogP contribution in [0.15, 0.2) is 42.9 Å². The molecule has 1 atom stereocenters. The molecule has 0 saturated carbocycles. The van der Waals surface area contributed by atoms with Crippen molar-refractivity contribution in [3.05, 3.63) is 59.7 Å². The van der Waals surface area contributed by atoms with Crippen molar-refractivity contribution in [2.45, 2.75) is 31.4 Å². The molecule has 0 spiro atoms. The van der Waals surface area contributed by atoms with Gasteiger partial charge in [0.2, 0.25) is 5.91 Å². The van der Waals surface area contributed by atoms with E-state index in [0.29, 0.717) is 13.1 Å². The highest BCUT2D eigenvalue weighted by Crippen LogP contribution is 2.30. The molecule has 1 amide bonds. The first-order chi connectivity index (χ1) is 11.9. The molecule has 4 nitrogen and oxygen atoms in total. The Hall–Kier alpha value is -2.44. The zero-order chi connectivity index (χ0) is 17.9. The van der Waals surface area contributed by atoms with Crippen LogP contribution in [0.2, 0.25) is 0 Å². The number of pyridine rings is 2. The van der Waals surface area contributed by atoms with E-state index in [1.54, 1.807) is 17.3 Å². The Morgan fingerprint density at radius 3 is 2.68 bits per heavy atom. The lowest BCUT2D eigenvalue weighted by molar-refractivity contribution is -0.138. The second kappa shape index (κ2) is 7.21. The van der Waals surface area contributed by atoms with E-state index in [1.807, 2.05) is 12.1 Å². The minimum atomic E-state index is -4.43. The van der Waals surface area contributed by atoms with Crippen LogP contribution in [0.1, 0.15) is 35.6 Å². The van der Waals surface area contributed by atoms with Gasteiger partial charge in [-0.2, -0.15) is 13.2 Å². The highest BCUT2D eigenvalue weighted by Gasteiger charge is 2.31. The summed E-state index contributed by atoms with van der Waals surface area (Å²) in [4.78, 5) is 22.1. The fraction of sp³-hybridized carbons (Fsp3) is 0.389. The van der Waals surface area contributed by atoms with Gasteiger partial charge in [0.15, 0.2) is 0 Å². The molecule has 0 bridgehead atoms. The first-order valence-electron chi connectivity index (χ1n) is 8.13. The van der Waals surface area contributed by atoms with Crippen molar-refractivity contribution in [1.82, 2.24) is 14.9 Å². The number of piperidine rings is 1. The molecular formula is C18H18F3N3O. The molecule has 3 heterocycles. The van der Waals surface area contributed by atoms with E-state index < -0.39 is 11.7 Å². The Kier molecular flexibility index (Phi) is 5.01. The van der Waals surface area contributed by atoms with Crippen LogP contribution in [0, 0.1) is 0 Å². The largest absolute Gasteiger partial charge is 0.416 e. The van der Waals surface area contributed by atoms with Crippen LogP contribution in [0.5, 0.6) is 0 Å². The molecule has 2 aromatic heterocycles. The maximum absolute atomic E-state index is 12.8. The lowest BCUT2D eigenvalue weighted by Crippen LogP contribution is -2.40. The van der Waals surface area contributed by atoms with Gasteiger partial charge in [-0.05, 0) is 42.7 Å². The molecule has 0 aromatic carbocycles. The van der Waals surface area contributed by atoms with Gasteiger partial charge in [-0.3, -0.25) is 14.8 Å². The molecule has 1 aliphatic heterocycles. The van der Waals surface area contributed by atoms with Crippen molar-refractivity contribution in [3.8, 4) is 0 Å². The number of hydrogen-bond acceptors (Lipinski definition) is 3. The Bertz CT molecular complexity index is 734. The van der Waals surface area contributed by atoms with E-state index in [-0.39, 0.29) is 23.9 Å². The Morgan fingerprint density at radius 2 is 1.96 bits per heavy atom. The average Bonchev–Trinajstić information content (AvgIpc) is 2.62. The summed E-state index contributed by atoms with van der Waals surface area (Å²) in [7, 11) is 0. The van der Waals surface area contributed by atoms with Gasteiger partial charge >= 0.3 is 6.18 Å². The van der Waals surface area contributed by atoms with Crippen LogP contribution in [0.4, 0.5) is 13.2 Å². The molecule has 2 aromatic rings. The van der Waals surface area contributed by atoms with Crippen LogP contribution in [-0.2, 0) is 17.4 Å². The number of amides is 1. The number of likely N-dealkylation sites (tertiary alicyclic amines) is 1. The van der Waals surface area contributed by atoms with Crippen molar-refractivity contribution in [2.24, 2.45) is 0 Å². The lowest BCUT2D eigenvalue weighted by atomic mass is 9.91. The average molecular weight is 349 g/mol. The highest BCUT2D eigenvalue weighted by molar-refractivity contribution is 5.78. The number of halogens is 3. The summed E-state index contributed by atoms with van der Waals surface area (Å²) in [6.07, 6.45) is 1.85. The normalized spacial score (nSPS) is 18.2. The number of nitrogens with zero attached hydrogens (tertiary/aromatic N) is 3. The summed E-state index contributed by atoms with van der Waals surface area (Å²) in [6.45, 7) is 1.20. The van der Waals surface area contributed by atoms with E-state index in [0.717, 1.165) is 36.7 Å². The molecule has 1 fully saturated rings. The van der Waals surface area contributed by atoms with Crippen LogP contribution >= 0.6 is 0 Å². The zero-order valence-electron chi connectivity index (χ0n) is 13.5. The first kappa shape index (κ1) is 17.4. The second-order valence-corrected chi connectivity index (χ2v) is 6.17. The van der Waals surface area contributed by atoms with Gasteiger partial charge in [0.25, 0.3) is 0 Å². The topological polar surface area (TPSA) is 46.1 Å². The Labute approximate surface area is 143 Å². The highest BCUT2D eigenvalue weighted by atomic mass is 19.4. The van der Waals surface area contributed by atoms with E-state index in [4.69, 9.17) is 0 Å². The van der Waals surface area contributed by atoms with Gasteiger partial charge in [0.1, 0.15) is 0 Å².